The molecule has 0 saturated heterocycles. The Kier molecular flexibility index (Phi) is 6.35. The van der Waals surface area contributed by atoms with Gasteiger partial charge in [0.15, 0.2) is 9.92 Å². The Hall–Kier alpha value is -2.39. The zero-order valence-electron chi connectivity index (χ0n) is 16.1. The van der Waals surface area contributed by atoms with Crippen molar-refractivity contribution < 1.29 is 9.00 Å². The molecule has 9 heteroatoms. The number of anilines is 1. The van der Waals surface area contributed by atoms with Crippen molar-refractivity contribution in [2.24, 2.45) is 0 Å². The number of nitrogens with one attached hydrogen (secondary N) is 6. The Balaban J connectivity index is 1.75. The molecule has 1 atom stereocenters. The van der Waals surface area contributed by atoms with Crippen LogP contribution in [0.4, 0.5) is 10.5 Å². The van der Waals surface area contributed by atoms with Gasteiger partial charge in [0.25, 0.3) is 0 Å². The summed E-state index contributed by atoms with van der Waals surface area (Å²) in [5.41, 5.74) is 5.75. The van der Waals surface area contributed by atoms with E-state index < -0.39 is 15.9 Å². The fraction of sp³-hybridized carbons (Fsp3) is 0.474. The van der Waals surface area contributed by atoms with Gasteiger partial charge in [-0.3, -0.25) is 0 Å². The smallest absolute Gasteiger partial charge is 0.331 e. The molecule has 0 saturated carbocycles. The number of hydrogen-bond acceptors (Lipinski definition) is 6. The number of carbonyl (C=O) groups is 1. The summed E-state index contributed by atoms with van der Waals surface area (Å²) in [6.07, 6.45) is 8.22. The molecule has 2 amide bonds. The zero-order chi connectivity index (χ0) is 20.1. The molecule has 2 aliphatic rings. The SMILES string of the molecule is CNCCN/C=C(\C=N)S(=N)(=O)NC(=O)Nc1c2c(cc3c1CCC3)CCC2. The van der Waals surface area contributed by atoms with E-state index in [1.165, 1.54) is 28.5 Å². The molecule has 152 valence electrons. The molecule has 0 fully saturated rings. The van der Waals surface area contributed by atoms with Crippen LogP contribution in [-0.4, -0.2) is 36.6 Å². The molecule has 0 bridgehead atoms. The van der Waals surface area contributed by atoms with E-state index in [-0.39, 0.29) is 4.91 Å². The van der Waals surface area contributed by atoms with Gasteiger partial charge in [0, 0.05) is 31.2 Å². The predicted octanol–water partition coefficient (Wildman–Crippen LogP) is 2.05. The lowest BCUT2D eigenvalue weighted by Gasteiger charge is -2.17. The number of carbonyl (C=O) groups excluding carboxylic acids is 1. The number of hydrogen-bond donors (Lipinski definition) is 6. The summed E-state index contributed by atoms with van der Waals surface area (Å²) >= 11 is 0. The van der Waals surface area contributed by atoms with Crippen LogP contribution in [0.5, 0.6) is 0 Å². The van der Waals surface area contributed by atoms with Crippen molar-refractivity contribution in [3.05, 3.63) is 39.4 Å². The number of benzene rings is 1. The van der Waals surface area contributed by atoms with Crippen LogP contribution in [0.25, 0.3) is 0 Å². The highest BCUT2D eigenvalue weighted by molar-refractivity contribution is 7.95. The van der Waals surface area contributed by atoms with Gasteiger partial charge >= 0.3 is 6.03 Å². The van der Waals surface area contributed by atoms with E-state index in [4.69, 9.17) is 10.2 Å². The molecule has 0 aliphatic heterocycles. The van der Waals surface area contributed by atoms with Gasteiger partial charge in [0.2, 0.25) is 0 Å². The molecule has 0 aromatic heterocycles. The van der Waals surface area contributed by atoms with E-state index >= 15 is 0 Å². The van der Waals surface area contributed by atoms with Crippen LogP contribution in [0, 0.1) is 10.2 Å². The van der Waals surface area contributed by atoms with Crippen molar-refractivity contribution in [1.82, 2.24) is 15.4 Å². The van der Waals surface area contributed by atoms with Crippen LogP contribution in [-0.2, 0) is 35.6 Å². The van der Waals surface area contributed by atoms with Crippen LogP contribution in [0.1, 0.15) is 35.1 Å². The standard InChI is InChI=1S/C19H28N6O2S/c1-22-8-9-23-12-15(11-20)28(21,27)25-19(26)24-18-16-6-2-4-13(16)10-14-5-3-7-17(14)18/h10-12,20,22-23H,2-9H2,1H3,(H3,21,24,25,26,27)/b15-12+,20-11?. The lowest BCUT2D eigenvalue weighted by Crippen LogP contribution is -2.35. The summed E-state index contributed by atoms with van der Waals surface area (Å²) < 4.78 is 23.0. The zero-order valence-corrected chi connectivity index (χ0v) is 16.9. The predicted molar refractivity (Wildman–Crippen MR) is 112 cm³/mol. The average molecular weight is 405 g/mol. The second-order valence-corrected chi connectivity index (χ2v) is 8.88. The number of fused-ring (bicyclic) bond motifs is 2. The molecule has 1 aromatic carbocycles. The topological polar surface area (TPSA) is 130 Å². The molecular weight excluding hydrogens is 376 g/mol. The van der Waals surface area contributed by atoms with E-state index in [1.54, 1.807) is 7.05 Å². The largest absolute Gasteiger partial charge is 0.389 e. The molecule has 8 nitrogen and oxygen atoms in total. The molecule has 0 heterocycles. The first-order chi connectivity index (χ1) is 13.5. The summed E-state index contributed by atoms with van der Waals surface area (Å²) in [7, 11) is -1.83. The first-order valence-corrected chi connectivity index (χ1v) is 11.1. The quantitative estimate of drug-likeness (QED) is 0.292. The minimum Gasteiger partial charge on any atom is -0.389 e. The molecule has 1 unspecified atom stereocenters. The highest BCUT2D eigenvalue weighted by Gasteiger charge is 2.25. The van der Waals surface area contributed by atoms with Crippen LogP contribution >= 0.6 is 0 Å². The fourth-order valence-corrected chi connectivity index (χ4v) is 4.72. The highest BCUT2D eigenvalue weighted by atomic mass is 32.2. The lowest BCUT2D eigenvalue weighted by molar-refractivity contribution is 0.257. The molecule has 3 rings (SSSR count). The van der Waals surface area contributed by atoms with Crippen molar-refractivity contribution in [3.63, 3.8) is 0 Å². The number of allylic oxidation sites excluding steroid dienone is 1. The maximum absolute atomic E-state index is 12.7. The minimum absolute atomic E-state index is 0.0812. The van der Waals surface area contributed by atoms with Crippen molar-refractivity contribution in [2.45, 2.75) is 38.5 Å². The van der Waals surface area contributed by atoms with E-state index in [0.29, 0.717) is 13.1 Å². The maximum Gasteiger partial charge on any atom is 0.331 e. The minimum atomic E-state index is -3.63. The van der Waals surface area contributed by atoms with Gasteiger partial charge in [-0.15, -0.1) is 0 Å². The van der Waals surface area contributed by atoms with Crippen LogP contribution in [0.3, 0.4) is 0 Å². The first-order valence-electron chi connectivity index (χ1n) is 9.59. The second-order valence-electron chi connectivity index (χ2n) is 7.10. The Morgan fingerprint density at radius 2 is 1.79 bits per heavy atom. The number of likely N-dealkylation sites (N-methyl/N-ethyl adjacent to an activating group) is 1. The molecule has 1 aromatic rings. The van der Waals surface area contributed by atoms with Gasteiger partial charge in [-0.1, -0.05) is 6.07 Å². The number of rotatable bonds is 8. The molecular formula is C19H28N6O2S. The number of urea groups is 1. The third-order valence-corrected chi connectivity index (χ3v) is 6.56. The average Bonchev–Trinajstić information content (AvgIpc) is 3.29. The molecule has 6 N–H and O–H groups in total. The highest BCUT2D eigenvalue weighted by Crippen LogP contribution is 2.38. The third-order valence-electron chi connectivity index (χ3n) is 5.19. The van der Waals surface area contributed by atoms with E-state index in [1.807, 2.05) is 0 Å². The van der Waals surface area contributed by atoms with Crippen molar-refractivity contribution in [3.8, 4) is 0 Å². The lowest BCUT2D eigenvalue weighted by atomic mass is 9.99. The maximum atomic E-state index is 12.7. The van der Waals surface area contributed by atoms with Gasteiger partial charge in [-0.25, -0.2) is 18.5 Å². The van der Waals surface area contributed by atoms with Crippen LogP contribution < -0.4 is 20.7 Å². The Morgan fingerprint density at radius 3 is 2.36 bits per heavy atom. The van der Waals surface area contributed by atoms with Gasteiger partial charge in [-0.2, -0.15) is 0 Å². The fourth-order valence-electron chi connectivity index (χ4n) is 3.87. The number of amides is 2. The van der Waals surface area contributed by atoms with Crippen molar-refractivity contribution in [1.29, 1.82) is 10.2 Å². The Labute approximate surface area is 166 Å². The monoisotopic (exact) mass is 404 g/mol. The van der Waals surface area contributed by atoms with Crippen LogP contribution in [0.15, 0.2) is 17.2 Å². The summed E-state index contributed by atoms with van der Waals surface area (Å²) in [6, 6.07) is 1.60. The van der Waals surface area contributed by atoms with E-state index in [0.717, 1.165) is 50.4 Å². The number of aryl methyl sites for hydroxylation is 2. The first kappa shape index (κ1) is 20.3. The summed E-state index contributed by atoms with van der Waals surface area (Å²) in [5.74, 6) is 0. The van der Waals surface area contributed by atoms with E-state index in [9.17, 15) is 9.00 Å². The molecule has 28 heavy (non-hydrogen) atoms. The third kappa shape index (κ3) is 4.36. The second kappa shape index (κ2) is 8.74. The Morgan fingerprint density at radius 1 is 1.14 bits per heavy atom. The van der Waals surface area contributed by atoms with Gasteiger partial charge in [0.1, 0.15) is 4.91 Å². The molecule has 2 aliphatic carbocycles. The van der Waals surface area contributed by atoms with Crippen molar-refractivity contribution in [2.75, 3.05) is 25.5 Å². The summed E-state index contributed by atoms with van der Waals surface area (Å²) in [6.45, 7) is 1.23. The summed E-state index contributed by atoms with van der Waals surface area (Å²) in [4.78, 5) is 12.5. The van der Waals surface area contributed by atoms with Gasteiger partial charge in [-0.05, 0) is 67.8 Å². The van der Waals surface area contributed by atoms with Crippen LogP contribution in [0.2, 0.25) is 0 Å². The Bertz CT molecular complexity index is 875. The van der Waals surface area contributed by atoms with E-state index in [2.05, 4.69) is 26.7 Å². The molecule has 0 radical (unpaired) electrons. The summed E-state index contributed by atoms with van der Waals surface area (Å²) in [5, 5.41) is 16.2. The molecule has 0 spiro atoms. The van der Waals surface area contributed by atoms with Gasteiger partial charge in [0.05, 0.1) is 0 Å². The van der Waals surface area contributed by atoms with Crippen molar-refractivity contribution >= 4 is 27.8 Å². The normalized spacial score (nSPS) is 17.4. The van der Waals surface area contributed by atoms with Gasteiger partial charge < -0.3 is 21.4 Å².